The van der Waals surface area contributed by atoms with Gasteiger partial charge in [-0.15, -0.1) is 10.2 Å². The summed E-state index contributed by atoms with van der Waals surface area (Å²) in [4.78, 5) is 4.90. The maximum absolute atomic E-state index is 6.52. The van der Waals surface area contributed by atoms with Crippen molar-refractivity contribution in [3.8, 4) is 5.69 Å². The van der Waals surface area contributed by atoms with Crippen LogP contribution in [0.3, 0.4) is 0 Å². The first-order chi connectivity index (χ1) is 12.4. The van der Waals surface area contributed by atoms with E-state index in [9.17, 15) is 0 Å². The highest BCUT2D eigenvalue weighted by atomic mass is 35.5. The zero-order chi connectivity index (χ0) is 18.5. The summed E-state index contributed by atoms with van der Waals surface area (Å²) in [7, 11) is -1.47. The van der Waals surface area contributed by atoms with Crippen LogP contribution >= 0.6 is 11.6 Å². The van der Waals surface area contributed by atoms with Gasteiger partial charge in [0.1, 0.15) is 12.4 Å². The normalized spacial score (nSPS) is 13.7. The lowest BCUT2D eigenvalue weighted by Gasteiger charge is -2.21. The molecule has 0 spiro atoms. The molecule has 0 fully saturated rings. The highest BCUT2D eigenvalue weighted by Crippen LogP contribution is 2.28. The number of hydrogen-bond acceptors (Lipinski definition) is 3. The molecule has 0 aliphatic carbocycles. The quantitative estimate of drug-likeness (QED) is 0.627. The average molecular weight is 381 g/mol. The summed E-state index contributed by atoms with van der Waals surface area (Å²) >= 11 is 6.52. The zero-order valence-corrected chi connectivity index (χ0v) is 17.2. The van der Waals surface area contributed by atoms with Crippen molar-refractivity contribution in [2.24, 2.45) is 4.99 Å². The summed E-state index contributed by atoms with van der Waals surface area (Å²) in [5, 5.41) is 10.7. The summed E-state index contributed by atoms with van der Waals surface area (Å²) in [5.74, 6) is 1.73. The van der Waals surface area contributed by atoms with E-state index in [1.165, 1.54) is 5.19 Å². The molecule has 0 radical (unpaired) electrons. The molecule has 1 aromatic heterocycles. The second-order valence-corrected chi connectivity index (χ2v) is 13.1. The topological polar surface area (TPSA) is 43.1 Å². The van der Waals surface area contributed by atoms with Gasteiger partial charge in [0.25, 0.3) is 0 Å². The molecular formula is C20H21ClN4Si. The standard InChI is InChI=1S/C20H21ClN4Si/c1-13-23-24-19-12-22-20(15-7-5-6-8-17(15)21)16-11-14(26(2,3)4)9-10-18(16)25(13)19/h5-11H,12H2,1-4H3. The number of fused-ring (bicyclic) bond motifs is 3. The van der Waals surface area contributed by atoms with E-state index in [1.807, 2.05) is 31.2 Å². The van der Waals surface area contributed by atoms with Crippen LogP contribution in [0.5, 0.6) is 0 Å². The van der Waals surface area contributed by atoms with Crippen LogP contribution in [0.4, 0.5) is 0 Å². The van der Waals surface area contributed by atoms with Gasteiger partial charge in [-0.3, -0.25) is 9.56 Å². The van der Waals surface area contributed by atoms with Gasteiger partial charge in [0.05, 0.1) is 19.5 Å². The first-order valence-electron chi connectivity index (χ1n) is 8.72. The number of aliphatic imine (C=N–C) groups is 1. The fourth-order valence-electron chi connectivity index (χ4n) is 3.33. The van der Waals surface area contributed by atoms with E-state index < -0.39 is 8.07 Å². The van der Waals surface area contributed by atoms with Crippen LogP contribution in [0.25, 0.3) is 5.69 Å². The minimum Gasteiger partial charge on any atom is -0.281 e. The van der Waals surface area contributed by atoms with Gasteiger partial charge in [-0.25, -0.2) is 0 Å². The van der Waals surface area contributed by atoms with Crippen LogP contribution in [-0.4, -0.2) is 28.6 Å². The summed E-state index contributed by atoms with van der Waals surface area (Å²) in [6.45, 7) is 9.53. The summed E-state index contributed by atoms with van der Waals surface area (Å²) in [6, 6.07) is 14.6. The second-order valence-electron chi connectivity index (χ2n) is 7.63. The smallest absolute Gasteiger partial charge is 0.159 e. The minimum absolute atomic E-state index is 0.484. The number of halogens is 1. The molecule has 0 bridgehead atoms. The molecule has 6 heteroatoms. The molecule has 2 heterocycles. The molecule has 0 amide bonds. The van der Waals surface area contributed by atoms with E-state index in [1.54, 1.807) is 0 Å². The summed E-state index contributed by atoms with van der Waals surface area (Å²) in [6.07, 6.45) is 0. The monoisotopic (exact) mass is 380 g/mol. The number of aryl methyl sites for hydroxylation is 1. The van der Waals surface area contributed by atoms with E-state index in [-0.39, 0.29) is 0 Å². The Kier molecular flexibility index (Phi) is 4.08. The molecule has 0 atom stereocenters. The lowest BCUT2D eigenvalue weighted by Crippen LogP contribution is -2.38. The van der Waals surface area contributed by atoms with Crippen molar-refractivity contribution >= 4 is 30.6 Å². The van der Waals surface area contributed by atoms with Crippen LogP contribution < -0.4 is 5.19 Å². The summed E-state index contributed by atoms with van der Waals surface area (Å²) < 4.78 is 2.11. The van der Waals surface area contributed by atoms with Crippen molar-refractivity contribution < 1.29 is 0 Å². The lowest BCUT2D eigenvalue weighted by molar-refractivity contribution is 0.862. The van der Waals surface area contributed by atoms with Crippen LogP contribution in [0.15, 0.2) is 47.5 Å². The highest BCUT2D eigenvalue weighted by molar-refractivity contribution is 6.88. The molecule has 3 aromatic rings. The average Bonchev–Trinajstić information content (AvgIpc) is 2.87. The van der Waals surface area contributed by atoms with Gasteiger partial charge in [0.15, 0.2) is 5.82 Å². The van der Waals surface area contributed by atoms with Gasteiger partial charge in [-0.05, 0) is 19.1 Å². The Balaban J connectivity index is 2.03. The third-order valence-corrected chi connectivity index (χ3v) is 7.13. The Bertz CT molecular complexity index is 1030. The van der Waals surface area contributed by atoms with Gasteiger partial charge in [0.2, 0.25) is 0 Å². The third-order valence-electron chi connectivity index (χ3n) is 4.76. The molecule has 4 rings (SSSR count). The number of benzene rings is 2. The highest BCUT2D eigenvalue weighted by Gasteiger charge is 2.25. The third kappa shape index (κ3) is 2.81. The first kappa shape index (κ1) is 17.2. The lowest BCUT2D eigenvalue weighted by atomic mass is 10.0. The number of nitrogens with zero attached hydrogens (tertiary/aromatic N) is 4. The van der Waals surface area contributed by atoms with Gasteiger partial charge in [0, 0.05) is 16.1 Å². The summed E-state index contributed by atoms with van der Waals surface area (Å²) in [5.41, 5.74) is 4.05. The van der Waals surface area contributed by atoms with Crippen molar-refractivity contribution in [3.05, 3.63) is 70.3 Å². The zero-order valence-electron chi connectivity index (χ0n) is 15.4. The van der Waals surface area contributed by atoms with Gasteiger partial charge in [-0.2, -0.15) is 0 Å². The molecule has 0 saturated heterocycles. The molecule has 0 saturated carbocycles. The first-order valence-corrected chi connectivity index (χ1v) is 12.6. The fraction of sp³-hybridized carbons (Fsp3) is 0.250. The Morgan fingerprint density at radius 3 is 2.50 bits per heavy atom. The van der Waals surface area contributed by atoms with Crippen molar-refractivity contribution in [3.63, 3.8) is 0 Å². The van der Waals surface area contributed by atoms with Crippen LogP contribution in [-0.2, 0) is 6.54 Å². The van der Waals surface area contributed by atoms with Crippen LogP contribution in [0.2, 0.25) is 24.7 Å². The van der Waals surface area contributed by atoms with Crippen molar-refractivity contribution in [1.82, 2.24) is 14.8 Å². The molecule has 4 nitrogen and oxygen atoms in total. The maximum atomic E-state index is 6.52. The van der Waals surface area contributed by atoms with Crippen LogP contribution in [0, 0.1) is 6.92 Å². The number of rotatable bonds is 2. The van der Waals surface area contributed by atoms with Crippen molar-refractivity contribution in [2.75, 3.05) is 0 Å². The maximum Gasteiger partial charge on any atom is 0.159 e. The van der Waals surface area contributed by atoms with E-state index >= 15 is 0 Å². The minimum atomic E-state index is -1.47. The second kappa shape index (κ2) is 6.18. The Labute approximate surface area is 159 Å². The predicted molar refractivity (Wildman–Crippen MR) is 110 cm³/mol. The number of aromatic nitrogens is 3. The Hall–Kier alpha value is -2.24. The van der Waals surface area contributed by atoms with Crippen molar-refractivity contribution in [1.29, 1.82) is 0 Å². The van der Waals surface area contributed by atoms with E-state index in [0.29, 0.717) is 11.6 Å². The molecule has 0 N–H and O–H groups in total. The molecular weight excluding hydrogens is 360 g/mol. The predicted octanol–water partition coefficient (Wildman–Crippen LogP) is 4.13. The van der Waals surface area contributed by atoms with Crippen molar-refractivity contribution in [2.45, 2.75) is 33.1 Å². The number of hydrogen-bond donors (Lipinski definition) is 0. The molecule has 0 unspecified atom stereocenters. The molecule has 1 aliphatic rings. The van der Waals surface area contributed by atoms with Crippen LogP contribution in [0.1, 0.15) is 22.8 Å². The van der Waals surface area contributed by atoms with E-state index in [4.69, 9.17) is 16.6 Å². The Morgan fingerprint density at radius 2 is 1.77 bits per heavy atom. The molecule has 132 valence electrons. The largest absolute Gasteiger partial charge is 0.281 e. The molecule has 26 heavy (non-hydrogen) atoms. The van der Waals surface area contributed by atoms with Gasteiger partial charge in [-0.1, -0.05) is 66.8 Å². The SMILES string of the molecule is Cc1nnc2n1-c1ccc([Si](C)(C)C)cc1C(c1ccccc1Cl)=NC2. The van der Waals surface area contributed by atoms with E-state index in [0.717, 1.165) is 34.2 Å². The van der Waals surface area contributed by atoms with E-state index in [2.05, 4.69) is 52.6 Å². The van der Waals surface area contributed by atoms with Gasteiger partial charge < -0.3 is 0 Å². The van der Waals surface area contributed by atoms with Gasteiger partial charge >= 0.3 is 0 Å². The molecule has 1 aliphatic heterocycles. The fourth-order valence-corrected chi connectivity index (χ4v) is 4.71. The molecule has 2 aromatic carbocycles. The Morgan fingerprint density at radius 1 is 1.00 bits per heavy atom.